The molecular formula is C17H17N3S. The van der Waals surface area contributed by atoms with Gasteiger partial charge < -0.3 is 5.73 Å². The van der Waals surface area contributed by atoms with Gasteiger partial charge in [-0.1, -0.05) is 31.2 Å². The fourth-order valence-corrected chi connectivity index (χ4v) is 3.15. The Balaban J connectivity index is 1.95. The largest absolute Gasteiger partial charge is 0.326 e. The van der Waals surface area contributed by atoms with Crippen molar-refractivity contribution in [1.82, 2.24) is 9.97 Å². The number of hydrogen-bond donors (Lipinski definition) is 1. The zero-order valence-corrected chi connectivity index (χ0v) is 12.7. The molecule has 2 heterocycles. The lowest BCUT2D eigenvalue weighted by Crippen LogP contribution is -1.95. The molecule has 2 N–H and O–H groups in total. The number of aromatic nitrogens is 2. The van der Waals surface area contributed by atoms with Crippen LogP contribution in [0.2, 0.25) is 0 Å². The molecule has 106 valence electrons. The number of aryl methyl sites for hydroxylation is 1. The van der Waals surface area contributed by atoms with Crippen LogP contribution in [0, 0.1) is 0 Å². The fraction of sp³-hybridized carbons (Fsp3) is 0.176. The zero-order valence-electron chi connectivity index (χ0n) is 11.9. The van der Waals surface area contributed by atoms with E-state index >= 15 is 0 Å². The Morgan fingerprint density at radius 1 is 1.14 bits per heavy atom. The van der Waals surface area contributed by atoms with Gasteiger partial charge in [0.15, 0.2) is 0 Å². The molecular weight excluding hydrogens is 278 g/mol. The fourth-order valence-electron chi connectivity index (χ4n) is 2.26. The number of thiazole rings is 1. The van der Waals surface area contributed by atoms with Crippen LogP contribution < -0.4 is 5.73 Å². The van der Waals surface area contributed by atoms with Crippen molar-refractivity contribution in [3.8, 4) is 21.8 Å². The Kier molecular flexibility index (Phi) is 4.08. The quantitative estimate of drug-likeness (QED) is 0.794. The van der Waals surface area contributed by atoms with Gasteiger partial charge in [0.25, 0.3) is 0 Å². The van der Waals surface area contributed by atoms with E-state index in [-0.39, 0.29) is 0 Å². The molecule has 1 aromatic carbocycles. The van der Waals surface area contributed by atoms with Gasteiger partial charge in [0.2, 0.25) is 0 Å². The Morgan fingerprint density at radius 3 is 2.67 bits per heavy atom. The Bertz CT molecular complexity index is 732. The summed E-state index contributed by atoms with van der Waals surface area (Å²) >= 11 is 1.67. The van der Waals surface area contributed by atoms with Crippen LogP contribution in [-0.2, 0) is 13.0 Å². The number of nitrogens with zero attached hydrogens (tertiary/aromatic N) is 2. The number of hydrogen-bond acceptors (Lipinski definition) is 4. The van der Waals surface area contributed by atoms with E-state index in [9.17, 15) is 0 Å². The number of pyridine rings is 1. The molecule has 0 amide bonds. The lowest BCUT2D eigenvalue weighted by Gasteiger charge is -2.03. The van der Waals surface area contributed by atoms with Crippen LogP contribution in [-0.4, -0.2) is 9.97 Å². The molecule has 0 radical (unpaired) electrons. The molecule has 3 aromatic rings. The van der Waals surface area contributed by atoms with Crippen molar-refractivity contribution in [3.63, 3.8) is 0 Å². The van der Waals surface area contributed by atoms with E-state index < -0.39 is 0 Å². The second-order valence-electron chi connectivity index (χ2n) is 4.83. The second kappa shape index (κ2) is 6.16. The van der Waals surface area contributed by atoms with Crippen LogP contribution in [0.4, 0.5) is 0 Å². The van der Waals surface area contributed by atoms with Gasteiger partial charge in [-0.2, -0.15) is 0 Å². The molecule has 0 saturated carbocycles. The molecule has 21 heavy (non-hydrogen) atoms. The first-order valence-corrected chi connectivity index (χ1v) is 7.88. The molecule has 0 saturated heterocycles. The van der Waals surface area contributed by atoms with Crippen molar-refractivity contribution in [2.24, 2.45) is 5.73 Å². The van der Waals surface area contributed by atoms with Crippen molar-refractivity contribution < 1.29 is 0 Å². The van der Waals surface area contributed by atoms with Crippen LogP contribution in [0.1, 0.15) is 18.1 Å². The summed E-state index contributed by atoms with van der Waals surface area (Å²) in [4.78, 5) is 8.97. The highest BCUT2D eigenvalue weighted by Gasteiger charge is 2.09. The number of benzene rings is 1. The monoisotopic (exact) mass is 295 g/mol. The predicted octanol–water partition coefficient (Wildman–Crippen LogP) is 3.89. The van der Waals surface area contributed by atoms with Crippen molar-refractivity contribution in [2.75, 3.05) is 0 Å². The minimum Gasteiger partial charge on any atom is -0.326 e. The molecule has 3 nitrogen and oxygen atoms in total. The highest BCUT2D eigenvalue weighted by molar-refractivity contribution is 7.13. The van der Waals surface area contributed by atoms with E-state index in [0.29, 0.717) is 6.54 Å². The lowest BCUT2D eigenvalue weighted by molar-refractivity contribution is 1.07. The van der Waals surface area contributed by atoms with Crippen molar-refractivity contribution in [3.05, 3.63) is 59.2 Å². The third kappa shape index (κ3) is 2.86. The molecule has 0 fully saturated rings. The van der Waals surface area contributed by atoms with Gasteiger partial charge in [-0.05, 0) is 23.6 Å². The van der Waals surface area contributed by atoms with Crippen molar-refractivity contribution in [1.29, 1.82) is 0 Å². The summed E-state index contributed by atoms with van der Waals surface area (Å²) in [6.07, 6.45) is 4.71. The van der Waals surface area contributed by atoms with E-state index in [1.807, 2.05) is 18.5 Å². The molecule has 0 aliphatic heterocycles. The minimum absolute atomic E-state index is 0.569. The molecule has 0 bridgehead atoms. The third-order valence-electron chi connectivity index (χ3n) is 3.50. The van der Waals surface area contributed by atoms with E-state index in [0.717, 1.165) is 28.2 Å². The molecule has 0 spiro atoms. The van der Waals surface area contributed by atoms with E-state index in [1.165, 1.54) is 11.1 Å². The molecule has 0 atom stereocenters. The minimum atomic E-state index is 0.569. The summed E-state index contributed by atoms with van der Waals surface area (Å²) in [6.45, 7) is 2.71. The summed E-state index contributed by atoms with van der Waals surface area (Å²) in [6, 6.07) is 10.3. The first kappa shape index (κ1) is 13.9. The molecule has 0 aliphatic carbocycles. The van der Waals surface area contributed by atoms with Gasteiger partial charge in [0.1, 0.15) is 5.01 Å². The summed E-state index contributed by atoms with van der Waals surface area (Å²) in [5, 5.41) is 3.15. The lowest BCUT2D eigenvalue weighted by atomic mass is 10.1. The van der Waals surface area contributed by atoms with Gasteiger partial charge in [-0.3, -0.25) is 4.98 Å². The Labute approximate surface area is 128 Å². The Morgan fingerprint density at radius 2 is 1.95 bits per heavy atom. The maximum absolute atomic E-state index is 5.63. The third-order valence-corrected chi connectivity index (χ3v) is 4.38. The average molecular weight is 295 g/mol. The van der Waals surface area contributed by atoms with Crippen LogP contribution in [0.3, 0.4) is 0 Å². The summed E-state index contributed by atoms with van der Waals surface area (Å²) in [5.41, 5.74) is 11.3. The first-order valence-electron chi connectivity index (χ1n) is 7.00. The SMILES string of the molecule is CCc1cnccc1-c1nc(-c2ccc(CN)cc2)cs1. The summed E-state index contributed by atoms with van der Waals surface area (Å²) < 4.78 is 0. The normalized spacial score (nSPS) is 10.8. The van der Waals surface area contributed by atoms with Gasteiger partial charge in [-0.15, -0.1) is 11.3 Å². The number of rotatable bonds is 4. The van der Waals surface area contributed by atoms with Gasteiger partial charge >= 0.3 is 0 Å². The standard InChI is InChI=1S/C17H17N3S/c1-2-13-10-19-8-7-15(13)17-20-16(11-21-17)14-5-3-12(9-18)4-6-14/h3-8,10-11H,2,9,18H2,1H3. The van der Waals surface area contributed by atoms with Crippen molar-refractivity contribution in [2.45, 2.75) is 19.9 Å². The molecule has 3 rings (SSSR count). The highest BCUT2D eigenvalue weighted by Crippen LogP contribution is 2.30. The van der Waals surface area contributed by atoms with Crippen LogP contribution >= 0.6 is 11.3 Å². The second-order valence-corrected chi connectivity index (χ2v) is 5.68. The summed E-state index contributed by atoms with van der Waals surface area (Å²) in [7, 11) is 0. The van der Waals surface area contributed by atoms with Crippen LogP contribution in [0.25, 0.3) is 21.8 Å². The molecule has 2 aromatic heterocycles. The predicted molar refractivity (Wildman–Crippen MR) is 88.1 cm³/mol. The topological polar surface area (TPSA) is 51.8 Å². The van der Waals surface area contributed by atoms with Gasteiger partial charge in [0.05, 0.1) is 5.69 Å². The maximum atomic E-state index is 5.63. The molecule has 0 aliphatic rings. The smallest absolute Gasteiger partial charge is 0.124 e. The molecule has 0 unspecified atom stereocenters. The van der Waals surface area contributed by atoms with Gasteiger partial charge in [-0.25, -0.2) is 4.98 Å². The van der Waals surface area contributed by atoms with E-state index in [4.69, 9.17) is 10.7 Å². The Hall–Kier alpha value is -2.04. The highest BCUT2D eigenvalue weighted by atomic mass is 32.1. The van der Waals surface area contributed by atoms with Crippen LogP contribution in [0.5, 0.6) is 0 Å². The average Bonchev–Trinajstić information content (AvgIpc) is 3.04. The van der Waals surface area contributed by atoms with Crippen LogP contribution in [0.15, 0.2) is 48.1 Å². The van der Waals surface area contributed by atoms with E-state index in [1.54, 1.807) is 11.3 Å². The summed E-state index contributed by atoms with van der Waals surface area (Å²) in [5.74, 6) is 0. The zero-order chi connectivity index (χ0) is 14.7. The molecule has 4 heteroatoms. The van der Waals surface area contributed by atoms with Crippen molar-refractivity contribution >= 4 is 11.3 Å². The maximum Gasteiger partial charge on any atom is 0.124 e. The van der Waals surface area contributed by atoms with E-state index in [2.05, 4.69) is 41.6 Å². The first-order chi connectivity index (χ1) is 10.3. The number of nitrogens with two attached hydrogens (primary N) is 1. The van der Waals surface area contributed by atoms with Gasteiger partial charge in [0, 0.05) is 35.4 Å².